The lowest BCUT2D eigenvalue weighted by Crippen LogP contribution is -2.41. The Balaban J connectivity index is 1.90. The number of ketones is 1. The Bertz CT molecular complexity index is 698. The van der Waals surface area contributed by atoms with Gasteiger partial charge in [0.2, 0.25) is 0 Å². The van der Waals surface area contributed by atoms with E-state index in [2.05, 4.69) is 5.32 Å². The van der Waals surface area contributed by atoms with Gasteiger partial charge in [-0.25, -0.2) is 8.42 Å². The smallest absolute Gasteiger partial charge is 0.260 e. The second-order valence-electron chi connectivity index (χ2n) is 5.72. The van der Waals surface area contributed by atoms with Crippen LogP contribution in [0.4, 0.5) is 0 Å². The number of nitrogens with one attached hydrogen (secondary N) is 1. The van der Waals surface area contributed by atoms with Crippen LogP contribution in [0, 0.1) is 0 Å². The molecule has 0 saturated carbocycles. The molecule has 6 nitrogen and oxygen atoms in total. The number of Topliss-reactive ketones (excluding diaryl/α,β-unsaturated/α-hetero) is 1. The fraction of sp³-hybridized carbons (Fsp3) is 0.500. The van der Waals surface area contributed by atoms with Gasteiger partial charge in [-0.15, -0.1) is 0 Å². The van der Waals surface area contributed by atoms with Crippen LogP contribution in [-0.4, -0.2) is 43.8 Å². The van der Waals surface area contributed by atoms with E-state index in [4.69, 9.17) is 4.74 Å². The van der Waals surface area contributed by atoms with E-state index >= 15 is 0 Å². The molecule has 1 aromatic rings. The zero-order chi connectivity index (χ0) is 17.0. The normalized spacial score (nSPS) is 20.7. The van der Waals surface area contributed by atoms with Crippen molar-refractivity contribution in [2.24, 2.45) is 0 Å². The van der Waals surface area contributed by atoms with Crippen molar-refractivity contribution >= 4 is 21.5 Å². The van der Waals surface area contributed by atoms with Gasteiger partial charge in [-0.3, -0.25) is 9.59 Å². The molecule has 0 unspecified atom stereocenters. The van der Waals surface area contributed by atoms with Crippen molar-refractivity contribution in [1.82, 2.24) is 5.32 Å². The Kier molecular flexibility index (Phi) is 5.41. The Labute approximate surface area is 136 Å². The third-order valence-corrected chi connectivity index (χ3v) is 6.17. The fourth-order valence-corrected chi connectivity index (χ4v) is 4.26. The monoisotopic (exact) mass is 339 g/mol. The van der Waals surface area contributed by atoms with Crippen LogP contribution in [0.5, 0.6) is 5.75 Å². The average molecular weight is 339 g/mol. The molecule has 1 aliphatic rings. The van der Waals surface area contributed by atoms with Crippen LogP contribution in [0.3, 0.4) is 0 Å². The fourth-order valence-electron chi connectivity index (χ4n) is 2.49. The topological polar surface area (TPSA) is 89.5 Å². The predicted octanol–water partition coefficient (Wildman–Crippen LogP) is 1.35. The van der Waals surface area contributed by atoms with Crippen LogP contribution in [-0.2, 0) is 14.6 Å². The number of carbonyl (C=O) groups excluding carboxylic acids is 2. The van der Waals surface area contributed by atoms with Gasteiger partial charge in [0.05, 0.1) is 11.0 Å². The highest BCUT2D eigenvalue weighted by molar-refractivity contribution is 7.92. The molecule has 1 amide bonds. The van der Waals surface area contributed by atoms with Crippen molar-refractivity contribution in [1.29, 1.82) is 0 Å². The van der Waals surface area contributed by atoms with Gasteiger partial charge < -0.3 is 10.1 Å². The first-order chi connectivity index (χ1) is 10.8. The van der Waals surface area contributed by atoms with E-state index in [1.807, 2.05) is 0 Å². The van der Waals surface area contributed by atoms with Crippen molar-refractivity contribution < 1.29 is 22.7 Å². The van der Waals surface area contributed by atoms with Gasteiger partial charge in [0.1, 0.15) is 5.75 Å². The maximum Gasteiger partial charge on any atom is 0.260 e. The van der Waals surface area contributed by atoms with Gasteiger partial charge >= 0.3 is 0 Å². The van der Waals surface area contributed by atoms with Crippen LogP contribution < -0.4 is 10.1 Å². The summed E-state index contributed by atoms with van der Waals surface area (Å²) in [6, 6.07) is 6.60. The molecule has 126 valence electrons. The standard InChI is InChI=1S/C16H21NO5S/c1-11(18)13-5-3-6-14(9-13)22-12(2)16(19)17-10-15-7-4-8-23(15,20)21/h3,5-6,9,12,15H,4,7-8,10H2,1-2H3,(H,17,19)/t12-,15+/m0/s1. The van der Waals surface area contributed by atoms with Crippen LogP contribution >= 0.6 is 0 Å². The average Bonchev–Trinajstić information content (AvgIpc) is 2.83. The first kappa shape index (κ1) is 17.5. The summed E-state index contributed by atoms with van der Waals surface area (Å²) in [5.74, 6) is 0.158. The van der Waals surface area contributed by atoms with Gasteiger partial charge in [0.25, 0.3) is 5.91 Å². The minimum Gasteiger partial charge on any atom is -0.481 e. The summed E-state index contributed by atoms with van der Waals surface area (Å²) in [7, 11) is -3.08. The lowest BCUT2D eigenvalue weighted by Gasteiger charge is -2.16. The summed E-state index contributed by atoms with van der Waals surface area (Å²) in [6.07, 6.45) is 0.451. The number of benzene rings is 1. The molecule has 2 rings (SSSR count). The minimum atomic E-state index is -3.08. The van der Waals surface area contributed by atoms with E-state index in [1.165, 1.54) is 6.92 Å². The van der Waals surface area contributed by atoms with Crippen molar-refractivity contribution in [2.45, 2.75) is 38.0 Å². The quantitative estimate of drug-likeness (QED) is 0.790. The number of sulfone groups is 1. The summed E-state index contributed by atoms with van der Waals surface area (Å²) in [5.41, 5.74) is 0.507. The number of amides is 1. The lowest BCUT2D eigenvalue weighted by atomic mass is 10.1. The van der Waals surface area contributed by atoms with Crippen LogP contribution in [0.1, 0.15) is 37.0 Å². The highest BCUT2D eigenvalue weighted by atomic mass is 32.2. The first-order valence-electron chi connectivity index (χ1n) is 7.56. The molecule has 0 bridgehead atoms. The molecule has 1 saturated heterocycles. The number of hydrogen-bond acceptors (Lipinski definition) is 5. The van der Waals surface area contributed by atoms with Crippen LogP contribution in [0.15, 0.2) is 24.3 Å². The Morgan fingerprint density at radius 3 is 2.74 bits per heavy atom. The van der Waals surface area contributed by atoms with Gasteiger partial charge in [-0.1, -0.05) is 12.1 Å². The summed E-state index contributed by atoms with van der Waals surface area (Å²) in [4.78, 5) is 23.4. The first-order valence-corrected chi connectivity index (χ1v) is 9.28. The predicted molar refractivity (Wildman–Crippen MR) is 86.4 cm³/mol. The van der Waals surface area contributed by atoms with E-state index in [0.717, 1.165) is 0 Å². The molecule has 2 atom stereocenters. The Hall–Kier alpha value is -1.89. The van der Waals surface area contributed by atoms with Crippen LogP contribution in [0.2, 0.25) is 0 Å². The molecule has 1 fully saturated rings. The largest absolute Gasteiger partial charge is 0.481 e. The van der Waals surface area contributed by atoms with Gasteiger partial charge in [-0.2, -0.15) is 0 Å². The molecule has 1 aliphatic heterocycles. The van der Waals surface area contributed by atoms with E-state index in [1.54, 1.807) is 31.2 Å². The van der Waals surface area contributed by atoms with E-state index in [0.29, 0.717) is 24.2 Å². The van der Waals surface area contributed by atoms with Gasteiger partial charge in [-0.05, 0) is 38.8 Å². The molecule has 1 N–H and O–H groups in total. The summed E-state index contributed by atoms with van der Waals surface area (Å²) < 4.78 is 29.0. The second kappa shape index (κ2) is 7.12. The van der Waals surface area contributed by atoms with Crippen molar-refractivity contribution in [3.63, 3.8) is 0 Å². The molecule has 1 heterocycles. The van der Waals surface area contributed by atoms with Crippen LogP contribution in [0.25, 0.3) is 0 Å². The number of hydrogen-bond donors (Lipinski definition) is 1. The number of ether oxygens (including phenoxy) is 1. The molecule has 0 radical (unpaired) electrons. The van der Waals surface area contributed by atoms with Gasteiger partial charge in [0, 0.05) is 12.1 Å². The molecule has 0 spiro atoms. The third-order valence-electron chi connectivity index (χ3n) is 3.89. The SMILES string of the molecule is CC(=O)c1cccc(O[C@@H](C)C(=O)NC[C@H]2CCCS2(=O)=O)c1. The summed E-state index contributed by atoms with van der Waals surface area (Å²) in [6.45, 7) is 3.15. The second-order valence-corrected chi connectivity index (χ2v) is 8.12. The zero-order valence-corrected chi connectivity index (χ0v) is 14.1. The minimum absolute atomic E-state index is 0.0843. The summed E-state index contributed by atoms with van der Waals surface area (Å²) >= 11 is 0. The molecular weight excluding hydrogens is 318 g/mol. The van der Waals surface area contributed by atoms with E-state index in [-0.39, 0.29) is 24.0 Å². The summed E-state index contributed by atoms with van der Waals surface area (Å²) in [5, 5.41) is 2.13. The maximum atomic E-state index is 12.0. The number of carbonyl (C=O) groups is 2. The zero-order valence-electron chi connectivity index (χ0n) is 13.2. The van der Waals surface area contributed by atoms with E-state index < -0.39 is 21.2 Å². The number of rotatable bonds is 6. The molecular formula is C16H21NO5S. The Morgan fingerprint density at radius 1 is 1.39 bits per heavy atom. The van der Waals surface area contributed by atoms with Crippen molar-refractivity contribution in [3.05, 3.63) is 29.8 Å². The third kappa shape index (κ3) is 4.54. The van der Waals surface area contributed by atoms with E-state index in [9.17, 15) is 18.0 Å². The highest BCUT2D eigenvalue weighted by Crippen LogP contribution is 2.19. The maximum absolute atomic E-state index is 12.0. The lowest BCUT2D eigenvalue weighted by molar-refractivity contribution is -0.127. The highest BCUT2D eigenvalue weighted by Gasteiger charge is 2.31. The molecule has 1 aromatic carbocycles. The van der Waals surface area contributed by atoms with Crippen molar-refractivity contribution in [2.75, 3.05) is 12.3 Å². The van der Waals surface area contributed by atoms with Crippen molar-refractivity contribution in [3.8, 4) is 5.75 Å². The molecule has 23 heavy (non-hydrogen) atoms. The molecule has 0 aliphatic carbocycles. The van der Waals surface area contributed by atoms with Gasteiger partial charge in [0.15, 0.2) is 21.7 Å². The molecule has 0 aromatic heterocycles. The Morgan fingerprint density at radius 2 is 2.13 bits per heavy atom. The molecule has 7 heteroatoms.